The summed E-state index contributed by atoms with van der Waals surface area (Å²) in [7, 11) is 0. The first-order chi connectivity index (χ1) is 14.9. The van der Waals surface area contributed by atoms with Crippen LogP contribution < -0.4 is 4.84 Å². The van der Waals surface area contributed by atoms with Crippen LogP contribution in [0.3, 0.4) is 0 Å². The van der Waals surface area contributed by atoms with Crippen molar-refractivity contribution in [2.75, 3.05) is 39.3 Å². The minimum atomic E-state index is -0.637. The number of piperazine rings is 1. The molecule has 0 spiro atoms. The van der Waals surface area contributed by atoms with Crippen LogP contribution in [0.4, 0.5) is 4.79 Å². The summed E-state index contributed by atoms with van der Waals surface area (Å²) in [4.78, 5) is 36.1. The summed E-state index contributed by atoms with van der Waals surface area (Å²) >= 11 is 0. The van der Waals surface area contributed by atoms with Gasteiger partial charge in [0.15, 0.2) is 0 Å². The first-order valence-corrected chi connectivity index (χ1v) is 10.6. The van der Waals surface area contributed by atoms with E-state index in [0.29, 0.717) is 37.5 Å². The third-order valence-electron chi connectivity index (χ3n) is 5.88. The molecule has 166 valence electrons. The summed E-state index contributed by atoms with van der Waals surface area (Å²) in [5.41, 5.74) is 2.88. The second kappa shape index (κ2) is 8.89. The molecule has 1 aromatic heterocycles. The Bertz CT molecular complexity index is 939. The lowest BCUT2D eigenvalue weighted by Crippen LogP contribution is -2.50. The normalized spacial score (nSPS) is 17.2. The van der Waals surface area contributed by atoms with Crippen LogP contribution in [-0.4, -0.2) is 80.9 Å². The van der Waals surface area contributed by atoms with Crippen molar-refractivity contribution in [3.63, 3.8) is 0 Å². The Morgan fingerprint density at radius 2 is 1.55 bits per heavy atom. The van der Waals surface area contributed by atoms with Gasteiger partial charge in [-0.2, -0.15) is 0 Å². The molecule has 0 aliphatic carbocycles. The molecular weight excluding hydrogens is 400 g/mol. The number of aromatic hydroxyl groups is 2. The Labute approximate surface area is 181 Å². The van der Waals surface area contributed by atoms with E-state index in [4.69, 9.17) is 4.84 Å². The van der Waals surface area contributed by atoms with Crippen LogP contribution in [0.25, 0.3) is 0 Å². The summed E-state index contributed by atoms with van der Waals surface area (Å²) < 4.78 is 0.692. The molecule has 1 aromatic carbocycles. The van der Waals surface area contributed by atoms with Crippen LogP contribution in [0.1, 0.15) is 34.3 Å². The molecule has 2 aliphatic rings. The van der Waals surface area contributed by atoms with E-state index in [1.165, 1.54) is 17.0 Å². The van der Waals surface area contributed by atoms with Gasteiger partial charge < -0.3 is 24.9 Å². The number of hydrogen-bond acceptors (Lipinski definition) is 6. The fraction of sp³-hybridized carbons (Fsp3) is 0.455. The van der Waals surface area contributed by atoms with E-state index in [1.54, 1.807) is 0 Å². The number of carbonyl (C=O) groups is 2. The Morgan fingerprint density at radius 3 is 2.19 bits per heavy atom. The molecule has 0 atom stereocenters. The maximum Gasteiger partial charge on any atom is 0.434 e. The predicted octanol–water partition coefficient (Wildman–Crippen LogP) is 1.81. The van der Waals surface area contributed by atoms with Gasteiger partial charge in [0.25, 0.3) is 5.91 Å². The van der Waals surface area contributed by atoms with E-state index >= 15 is 0 Å². The summed E-state index contributed by atoms with van der Waals surface area (Å²) in [6.45, 7) is 6.45. The van der Waals surface area contributed by atoms with Crippen molar-refractivity contribution in [1.29, 1.82) is 0 Å². The van der Waals surface area contributed by atoms with Crippen LogP contribution in [-0.2, 0) is 6.54 Å². The third kappa shape index (κ3) is 4.61. The first-order valence-electron chi connectivity index (χ1n) is 10.6. The molecule has 2 amide bonds. The summed E-state index contributed by atoms with van der Waals surface area (Å²) in [6, 6.07) is 8.45. The molecule has 4 rings (SSSR count). The molecule has 2 N–H and O–H groups in total. The van der Waals surface area contributed by atoms with Gasteiger partial charge in [0, 0.05) is 63.5 Å². The van der Waals surface area contributed by atoms with E-state index in [9.17, 15) is 19.8 Å². The first kappa shape index (κ1) is 21.0. The summed E-state index contributed by atoms with van der Waals surface area (Å²) in [5, 5.41) is 19.2. The SMILES string of the molecule is Cc1ccc(C(=O)N2CCCC2)c(CN2CCN(C(=O)On3c(O)ccc3O)CC2)c1. The number of likely N-dealkylation sites (tertiary alicyclic amines) is 1. The van der Waals surface area contributed by atoms with Crippen molar-refractivity contribution >= 4 is 12.0 Å². The lowest BCUT2D eigenvalue weighted by atomic mass is 10.0. The Morgan fingerprint density at radius 1 is 0.903 bits per heavy atom. The van der Waals surface area contributed by atoms with Crippen molar-refractivity contribution in [3.8, 4) is 11.8 Å². The number of benzene rings is 1. The largest absolute Gasteiger partial charge is 0.492 e. The van der Waals surface area contributed by atoms with E-state index in [-0.39, 0.29) is 17.7 Å². The average Bonchev–Trinajstić information content (AvgIpc) is 3.40. The molecule has 2 aromatic rings. The van der Waals surface area contributed by atoms with Crippen LogP contribution in [0.15, 0.2) is 30.3 Å². The molecule has 9 nitrogen and oxygen atoms in total. The van der Waals surface area contributed by atoms with Crippen molar-refractivity contribution in [2.45, 2.75) is 26.3 Å². The zero-order valence-electron chi connectivity index (χ0n) is 17.7. The third-order valence-corrected chi connectivity index (χ3v) is 5.88. The molecule has 0 saturated carbocycles. The number of aromatic nitrogens is 1. The maximum atomic E-state index is 13.0. The number of carbonyl (C=O) groups excluding carboxylic acids is 2. The lowest BCUT2D eigenvalue weighted by Gasteiger charge is -2.34. The van der Waals surface area contributed by atoms with Gasteiger partial charge in [0.05, 0.1) is 0 Å². The highest BCUT2D eigenvalue weighted by Gasteiger charge is 2.26. The van der Waals surface area contributed by atoms with Crippen molar-refractivity contribution in [3.05, 3.63) is 47.0 Å². The second-order valence-electron chi connectivity index (χ2n) is 8.12. The topological polar surface area (TPSA) is 98.5 Å². The van der Waals surface area contributed by atoms with Gasteiger partial charge in [-0.3, -0.25) is 9.69 Å². The molecule has 2 fully saturated rings. The highest BCUT2D eigenvalue weighted by Crippen LogP contribution is 2.21. The standard InChI is InChI=1S/C22H28N4O5/c1-16-4-5-18(21(29)24-8-2-3-9-24)17(14-16)15-23-10-12-25(13-11-23)22(30)31-26-19(27)6-7-20(26)28/h4-7,14,27-28H,2-3,8-13,15H2,1H3. The Balaban J connectivity index is 1.37. The maximum absolute atomic E-state index is 13.0. The van der Waals surface area contributed by atoms with Gasteiger partial charge in [-0.1, -0.05) is 17.7 Å². The van der Waals surface area contributed by atoms with Gasteiger partial charge in [-0.05, 0) is 31.4 Å². The van der Waals surface area contributed by atoms with Crippen LogP contribution in [0.5, 0.6) is 11.8 Å². The Kier molecular flexibility index (Phi) is 6.03. The minimum Gasteiger partial charge on any atom is -0.492 e. The van der Waals surface area contributed by atoms with Gasteiger partial charge in [0.2, 0.25) is 11.8 Å². The van der Waals surface area contributed by atoms with Gasteiger partial charge in [-0.25, -0.2) is 4.79 Å². The minimum absolute atomic E-state index is 0.0982. The van der Waals surface area contributed by atoms with Crippen LogP contribution in [0, 0.1) is 6.92 Å². The van der Waals surface area contributed by atoms with Crippen molar-refractivity contribution in [1.82, 2.24) is 19.4 Å². The molecule has 9 heteroatoms. The molecule has 0 radical (unpaired) electrons. The quantitative estimate of drug-likeness (QED) is 0.771. The molecule has 0 bridgehead atoms. The highest BCUT2D eigenvalue weighted by molar-refractivity contribution is 5.96. The van der Waals surface area contributed by atoms with E-state index in [2.05, 4.69) is 11.0 Å². The molecule has 3 heterocycles. The zero-order valence-corrected chi connectivity index (χ0v) is 17.7. The van der Waals surface area contributed by atoms with Gasteiger partial charge >= 0.3 is 6.09 Å². The summed E-state index contributed by atoms with van der Waals surface area (Å²) in [6.07, 6.45) is 1.48. The van der Waals surface area contributed by atoms with E-state index < -0.39 is 6.09 Å². The molecule has 2 aliphatic heterocycles. The van der Waals surface area contributed by atoms with Crippen LogP contribution in [0.2, 0.25) is 0 Å². The zero-order chi connectivity index (χ0) is 22.0. The smallest absolute Gasteiger partial charge is 0.434 e. The van der Waals surface area contributed by atoms with Gasteiger partial charge in [-0.15, -0.1) is 4.73 Å². The number of amides is 2. The number of rotatable bonds is 4. The Hall–Kier alpha value is -3.20. The lowest BCUT2D eigenvalue weighted by molar-refractivity contribution is 0.0554. The van der Waals surface area contributed by atoms with Crippen molar-refractivity contribution in [2.24, 2.45) is 0 Å². The molecule has 31 heavy (non-hydrogen) atoms. The monoisotopic (exact) mass is 428 g/mol. The summed E-state index contributed by atoms with van der Waals surface area (Å²) in [5.74, 6) is -0.598. The predicted molar refractivity (Wildman–Crippen MR) is 113 cm³/mol. The molecule has 0 unspecified atom stereocenters. The van der Waals surface area contributed by atoms with E-state index in [0.717, 1.165) is 42.6 Å². The fourth-order valence-electron chi connectivity index (χ4n) is 4.11. The van der Waals surface area contributed by atoms with Gasteiger partial charge in [0.1, 0.15) is 0 Å². The van der Waals surface area contributed by atoms with E-state index in [1.807, 2.05) is 24.0 Å². The number of aryl methyl sites for hydroxylation is 1. The average molecular weight is 428 g/mol. The highest BCUT2D eigenvalue weighted by atomic mass is 16.7. The number of hydrogen-bond donors (Lipinski definition) is 2. The van der Waals surface area contributed by atoms with Crippen molar-refractivity contribution < 1.29 is 24.6 Å². The molecule has 2 saturated heterocycles. The number of nitrogens with zero attached hydrogens (tertiary/aromatic N) is 4. The molecular formula is C22H28N4O5. The van der Waals surface area contributed by atoms with Crippen LogP contribution >= 0.6 is 0 Å². The fourth-order valence-corrected chi connectivity index (χ4v) is 4.11. The second-order valence-corrected chi connectivity index (χ2v) is 8.12.